The number of hydrogen-bond acceptors (Lipinski definition) is 13. The van der Waals surface area contributed by atoms with Gasteiger partial charge >= 0.3 is 6.09 Å². The van der Waals surface area contributed by atoms with Crippen LogP contribution in [0.5, 0.6) is 23.0 Å². The van der Waals surface area contributed by atoms with Crippen LogP contribution < -0.4 is 46.9 Å². The van der Waals surface area contributed by atoms with Gasteiger partial charge in [-0.1, -0.05) is 36.4 Å². The first-order valence-electron chi connectivity index (χ1n) is 28.1. The van der Waals surface area contributed by atoms with Crippen LogP contribution in [-0.2, 0) is 40.5 Å². The van der Waals surface area contributed by atoms with Gasteiger partial charge in [0, 0.05) is 99.5 Å². The minimum absolute atomic E-state index is 0.0110. The SMILES string of the molecule is Cc1ccc2c(/C=C/C(N)=O)cc(=O)n(CCN3CCC(N(Cc4ccc5c(c4)OCCO5)C(=O)OC(C)(C)C)CC3)c2c1.Cc1ccc2c(/C=C/C(N)=O)cc(=O)n(CCN3CCC(NCc4ccc5c(c4)OCCO5)CC3)c2c1. The van der Waals surface area contributed by atoms with E-state index in [0.29, 0.717) is 75.5 Å². The molecule has 0 atom stereocenters. The molecule has 0 aliphatic carbocycles. The Morgan fingerprint density at radius 2 is 1.06 bits per heavy atom. The second-order valence-electron chi connectivity index (χ2n) is 22.3. The van der Waals surface area contributed by atoms with Gasteiger partial charge in [0.05, 0.1) is 11.0 Å². The molecule has 2 saturated heterocycles. The lowest BCUT2D eigenvalue weighted by Crippen LogP contribution is -2.49. The highest BCUT2D eigenvalue weighted by Gasteiger charge is 2.32. The molecule has 6 aromatic rings. The van der Waals surface area contributed by atoms with E-state index in [1.165, 1.54) is 17.7 Å². The molecule has 10 rings (SSSR count). The number of rotatable bonds is 16. The first-order valence-corrected chi connectivity index (χ1v) is 28.1. The predicted octanol–water partition coefficient (Wildman–Crippen LogP) is 7.32. The topological polar surface area (TPSA) is 215 Å². The van der Waals surface area contributed by atoms with E-state index in [4.69, 9.17) is 35.2 Å². The lowest BCUT2D eigenvalue weighted by atomic mass is 10.0. The number of fused-ring (bicyclic) bond motifs is 4. The summed E-state index contributed by atoms with van der Waals surface area (Å²) in [5, 5.41) is 5.51. The van der Waals surface area contributed by atoms with Crippen LogP contribution in [0.25, 0.3) is 34.0 Å². The van der Waals surface area contributed by atoms with Gasteiger partial charge in [0.15, 0.2) is 23.0 Å². The minimum Gasteiger partial charge on any atom is -0.486 e. The number of pyridine rings is 2. The Morgan fingerprint density at radius 3 is 1.54 bits per heavy atom. The smallest absolute Gasteiger partial charge is 0.410 e. The van der Waals surface area contributed by atoms with Gasteiger partial charge in [0.2, 0.25) is 11.8 Å². The monoisotopic (exact) mass is 1100 g/mol. The third-order valence-electron chi connectivity index (χ3n) is 15.1. The van der Waals surface area contributed by atoms with Gasteiger partial charge in [0.25, 0.3) is 11.1 Å². The van der Waals surface area contributed by atoms with Gasteiger partial charge in [-0.15, -0.1) is 0 Å². The maximum Gasteiger partial charge on any atom is 0.410 e. The number of nitrogens with zero attached hydrogens (tertiary/aromatic N) is 5. The van der Waals surface area contributed by atoms with Crippen molar-refractivity contribution in [3.05, 3.63) is 151 Å². The van der Waals surface area contributed by atoms with E-state index < -0.39 is 17.4 Å². The van der Waals surface area contributed by atoms with Gasteiger partial charge < -0.3 is 64.3 Å². The fourth-order valence-electron chi connectivity index (χ4n) is 10.9. The van der Waals surface area contributed by atoms with Crippen molar-refractivity contribution in [2.75, 3.05) is 65.7 Å². The van der Waals surface area contributed by atoms with Gasteiger partial charge in [0.1, 0.15) is 32.0 Å². The third-order valence-corrected chi connectivity index (χ3v) is 15.1. The fraction of sp³-hybridized carbons (Fsp3) is 0.413. The van der Waals surface area contributed by atoms with E-state index in [1.54, 1.807) is 28.9 Å². The molecule has 81 heavy (non-hydrogen) atoms. The first kappa shape index (κ1) is 57.7. The van der Waals surface area contributed by atoms with Crippen molar-refractivity contribution in [1.29, 1.82) is 0 Å². The zero-order valence-electron chi connectivity index (χ0n) is 47.2. The van der Waals surface area contributed by atoms with Crippen molar-refractivity contribution in [1.82, 2.24) is 29.2 Å². The number of primary amides is 2. The molecule has 18 heteroatoms. The quantitative estimate of drug-likeness (QED) is 0.0812. The first-order chi connectivity index (χ1) is 38.9. The van der Waals surface area contributed by atoms with Gasteiger partial charge in [-0.3, -0.25) is 19.2 Å². The molecule has 0 spiro atoms. The van der Waals surface area contributed by atoms with Crippen molar-refractivity contribution in [2.24, 2.45) is 11.5 Å². The van der Waals surface area contributed by atoms with Crippen LogP contribution in [0.15, 0.2) is 107 Å². The maximum atomic E-state index is 13.4. The average molecular weight is 1110 g/mol. The maximum absolute atomic E-state index is 13.4. The number of carbonyl (C=O) groups excluding carboxylic acids is 3. The summed E-state index contributed by atoms with van der Waals surface area (Å²) in [5.41, 5.74) is 17.1. The number of carbonyl (C=O) groups is 3. The highest BCUT2D eigenvalue weighted by atomic mass is 16.6. The molecular weight excluding hydrogens is 1030 g/mol. The molecule has 2 fully saturated rings. The van der Waals surface area contributed by atoms with Crippen LogP contribution in [0, 0.1) is 13.8 Å². The summed E-state index contributed by atoms with van der Waals surface area (Å²) in [4.78, 5) is 68.7. The highest BCUT2D eigenvalue weighted by molar-refractivity contribution is 5.96. The second kappa shape index (κ2) is 26.1. The summed E-state index contributed by atoms with van der Waals surface area (Å²) in [6, 6.07) is 27.6. The molecule has 0 saturated carbocycles. The molecule has 5 N–H and O–H groups in total. The van der Waals surface area contributed by atoms with Crippen molar-refractivity contribution < 1.29 is 38.1 Å². The molecule has 18 nitrogen and oxygen atoms in total. The van der Waals surface area contributed by atoms with E-state index in [1.807, 2.05) is 105 Å². The number of nitrogens with one attached hydrogen (secondary N) is 1. The van der Waals surface area contributed by atoms with Crippen LogP contribution in [0.2, 0.25) is 0 Å². The Hall–Kier alpha value is -7.93. The number of aryl methyl sites for hydroxylation is 2. The minimum atomic E-state index is -0.609. The largest absolute Gasteiger partial charge is 0.486 e. The molecule has 0 unspecified atom stereocenters. The lowest BCUT2D eigenvalue weighted by Gasteiger charge is -2.39. The molecule has 2 aromatic heterocycles. The van der Waals surface area contributed by atoms with E-state index in [-0.39, 0.29) is 23.3 Å². The van der Waals surface area contributed by atoms with Crippen molar-refractivity contribution >= 4 is 51.9 Å². The molecule has 6 heterocycles. The molecular formula is C63H76N8O10. The van der Waals surface area contributed by atoms with Crippen molar-refractivity contribution in [3.8, 4) is 23.0 Å². The van der Waals surface area contributed by atoms with Crippen molar-refractivity contribution in [3.63, 3.8) is 0 Å². The number of amides is 3. The van der Waals surface area contributed by atoms with E-state index in [9.17, 15) is 24.0 Å². The Bertz CT molecular complexity index is 3440. The Kier molecular flexibility index (Phi) is 18.6. The Morgan fingerprint density at radius 1 is 0.605 bits per heavy atom. The van der Waals surface area contributed by atoms with E-state index in [2.05, 4.69) is 27.2 Å². The number of piperidine rings is 2. The Labute approximate surface area is 472 Å². The summed E-state index contributed by atoms with van der Waals surface area (Å²) >= 11 is 0. The standard InChI is InChI=1S/C34H42N4O6.C29H34N4O4/c1-23-5-8-27-25(7-10-31(35)39)21-32(40)37(28(27)19-23)16-15-36-13-11-26(12-14-36)38(33(41)44-34(2,3)4)22-24-6-9-29-30(20-24)43-18-17-42-29;1-20-2-5-24-22(4-7-28(30)34)18-29(35)33(25(24)16-20)13-12-32-10-8-23(9-11-32)31-19-21-3-6-26-27(17-21)37-15-14-36-26/h5-10,19-21,26H,11-18,22H2,1-4H3,(H2,35,39);2-7,16-18,23,31H,8-15,19H2,1H3,(H2,30,34)/b10-7+;7-4+. The highest BCUT2D eigenvalue weighted by Crippen LogP contribution is 2.33. The third kappa shape index (κ3) is 15.3. The molecule has 4 aliphatic rings. The summed E-state index contributed by atoms with van der Waals surface area (Å²) < 4.78 is 32.2. The van der Waals surface area contributed by atoms with Gasteiger partial charge in [-0.2, -0.15) is 0 Å². The number of benzene rings is 4. The van der Waals surface area contributed by atoms with Crippen LogP contribution in [0.1, 0.15) is 79.8 Å². The number of likely N-dealkylation sites (tertiary alicyclic amines) is 2. The zero-order chi connectivity index (χ0) is 57.2. The molecule has 4 aliphatic heterocycles. The number of aromatic nitrogens is 2. The van der Waals surface area contributed by atoms with Crippen LogP contribution >= 0.6 is 0 Å². The van der Waals surface area contributed by atoms with E-state index in [0.717, 1.165) is 121 Å². The van der Waals surface area contributed by atoms with Crippen LogP contribution in [0.4, 0.5) is 4.79 Å². The average Bonchev–Trinajstić information content (AvgIpc) is 3.45. The molecule has 0 radical (unpaired) electrons. The zero-order valence-corrected chi connectivity index (χ0v) is 47.2. The summed E-state index contributed by atoms with van der Waals surface area (Å²) in [5.74, 6) is 1.97. The summed E-state index contributed by atoms with van der Waals surface area (Å²) in [6.45, 7) is 19.3. The number of ether oxygens (including phenoxy) is 5. The molecule has 4 aromatic carbocycles. The molecule has 3 amide bonds. The summed E-state index contributed by atoms with van der Waals surface area (Å²) in [7, 11) is 0. The predicted molar refractivity (Wildman–Crippen MR) is 315 cm³/mol. The normalized spacial score (nSPS) is 16.2. The van der Waals surface area contributed by atoms with Crippen LogP contribution in [-0.4, -0.2) is 125 Å². The fourth-order valence-corrected chi connectivity index (χ4v) is 10.9. The van der Waals surface area contributed by atoms with Gasteiger partial charge in [-0.25, -0.2) is 4.79 Å². The number of nitrogens with two attached hydrogens (primary N) is 2. The number of hydrogen-bond donors (Lipinski definition) is 3. The van der Waals surface area contributed by atoms with Gasteiger partial charge in [-0.05, 0) is 155 Å². The van der Waals surface area contributed by atoms with Crippen LogP contribution in [0.3, 0.4) is 0 Å². The van der Waals surface area contributed by atoms with Crippen molar-refractivity contribution in [2.45, 2.75) is 104 Å². The second-order valence-corrected chi connectivity index (χ2v) is 22.3. The Balaban J connectivity index is 0.000000198. The molecule has 428 valence electrons. The molecule has 0 bridgehead atoms. The van der Waals surface area contributed by atoms with E-state index >= 15 is 0 Å². The lowest BCUT2D eigenvalue weighted by molar-refractivity contribution is -0.114. The summed E-state index contributed by atoms with van der Waals surface area (Å²) in [6.07, 6.45) is 9.16.